The molecular weight excluding hydrogens is 466 g/mol. The summed E-state index contributed by atoms with van der Waals surface area (Å²) in [6.45, 7) is 7.92. The van der Waals surface area contributed by atoms with E-state index in [1.165, 1.54) is 4.90 Å². The first-order valence-corrected chi connectivity index (χ1v) is 13.6. The van der Waals surface area contributed by atoms with Crippen LogP contribution in [0.25, 0.3) is 0 Å². The standard InChI is InChI=1S/C26H37N3O5S/c1-7-24(26(31)27-16-19(2)3)28(17-21-9-8-10-23(15-21)34-5)25(30)18-29(35(6,32)33)22-13-11-20(4)12-14-22/h8-15,19,24H,7,16-18H2,1-6H3,(H,27,31). The van der Waals surface area contributed by atoms with Gasteiger partial charge in [0.25, 0.3) is 0 Å². The minimum absolute atomic E-state index is 0.134. The summed E-state index contributed by atoms with van der Waals surface area (Å²) in [7, 11) is -2.19. The third kappa shape index (κ3) is 8.28. The molecule has 0 spiro atoms. The van der Waals surface area contributed by atoms with E-state index in [9.17, 15) is 18.0 Å². The number of hydrogen-bond acceptors (Lipinski definition) is 5. The van der Waals surface area contributed by atoms with Crippen molar-refractivity contribution >= 4 is 27.5 Å². The molecule has 2 aromatic rings. The molecule has 1 unspecified atom stereocenters. The first-order chi connectivity index (χ1) is 16.5. The van der Waals surface area contributed by atoms with Crippen LogP contribution in [-0.4, -0.2) is 57.6 Å². The number of anilines is 1. The van der Waals surface area contributed by atoms with E-state index in [0.717, 1.165) is 21.7 Å². The van der Waals surface area contributed by atoms with Crippen molar-refractivity contribution in [2.75, 3.05) is 30.8 Å². The number of nitrogens with one attached hydrogen (secondary N) is 1. The Morgan fingerprint density at radius 2 is 1.74 bits per heavy atom. The van der Waals surface area contributed by atoms with E-state index < -0.39 is 28.5 Å². The number of amides is 2. The molecule has 1 atom stereocenters. The maximum atomic E-state index is 13.7. The number of sulfonamides is 1. The summed E-state index contributed by atoms with van der Waals surface area (Å²) in [6.07, 6.45) is 1.45. The monoisotopic (exact) mass is 503 g/mol. The van der Waals surface area contributed by atoms with Gasteiger partial charge in [0, 0.05) is 13.1 Å². The number of aryl methyl sites for hydroxylation is 1. The molecule has 0 aliphatic rings. The molecule has 0 aromatic heterocycles. The van der Waals surface area contributed by atoms with Crippen LogP contribution in [0.4, 0.5) is 5.69 Å². The van der Waals surface area contributed by atoms with Gasteiger partial charge in [-0.2, -0.15) is 0 Å². The van der Waals surface area contributed by atoms with Crippen molar-refractivity contribution in [3.63, 3.8) is 0 Å². The lowest BCUT2D eigenvalue weighted by atomic mass is 10.1. The molecule has 1 N–H and O–H groups in total. The lowest BCUT2D eigenvalue weighted by molar-refractivity contribution is -0.140. The van der Waals surface area contributed by atoms with E-state index in [2.05, 4.69) is 5.32 Å². The zero-order valence-electron chi connectivity index (χ0n) is 21.4. The lowest BCUT2D eigenvalue weighted by Crippen LogP contribution is -2.52. The third-order valence-electron chi connectivity index (χ3n) is 5.56. The second-order valence-electron chi connectivity index (χ2n) is 9.04. The summed E-state index contributed by atoms with van der Waals surface area (Å²) < 4.78 is 31.6. The average Bonchev–Trinajstić information content (AvgIpc) is 2.81. The van der Waals surface area contributed by atoms with Crippen LogP contribution in [-0.2, 0) is 26.2 Å². The molecule has 2 aromatic carbocycles. The van der Waals surface area contributed by atoms with Gasteiger partial charge in [-0.05, 0) is 49.1 Å². The van der Waals surface area contributed by atoms with Crippen molar-refractivity contribution in [2.45, 2.75) is 46.7 Å². The molecule has 0 saturated carbocycles. The van der Waals surface area contributed by atoms with Crippen LogP contribution in [0.5, 0.6) is 5.75 Å². The van der Waals surface area contributed by atoms with E-state index in [0.29, 0.717) is 24.4 Å². The number of ether oxygens (including phenoxy) is 1. The Labute approximate surface area is 209 Å². The van der Waals surface area contributed by atoms with Gasteiger partial charge in [0.1, 0.15) is 18.3 Å². The van der Waals surface area contributed by atoms with Gasteiger partial charge in [0.2, 0.25) is 21.8 Å². The van der Waals surface area contributed by atoms with Crippen LogP contribution < -0.4 is 14.4 Å². The molecule has 0 radical (unpaired) electrons. The minimum atomic E-state index is -3.75. The van der Waals surface area contributed by atoms with Gasteiger partial charge in [-0.3, -0.25) is 13.9 Å². The zero-order chi connectivity index (χ0) is 26.2. The van der Waals surface area contributed by atoms with Gasteiger partial charge in [0.15, 0.2) is 0 Å². The zero-order valence-corrected chi connectivity index (χ0v) is 22.3. The largest absolute Gasteiger partial charge is 0.497 e. The van der Waals surface area contributed by atoms with Gasteiger partial charge in [-0.25, -0.2) is 8.42 Å². The molecule has 2 rings (SSSR count). The summed E-state index contributed by atoms with van der Waals surface area (Å²) in [6, 6.07) is 13.4. The van der Waals surface area contributed by atoms with Gasteiger partial charge in [-0.15, -0.1) is 0 Å². The SMILES string of the molecule is CCC(C(=O)NCC(C)C)N(Cc1cccc(OC)c1)C(=O)CN(c1ccc(C)cc1)S(C)(=O)=O. The quantitative estimate of drug-likeness (QED) is 0.479. The molecular formula is C26H37N3O5S. The van der Waals surface area contributed by atoms with Gasteiger partial charge in [0.05, 0.1) is 19.1 Å². The number of benzene rings is 2. The molecule has 0 heterocycles. The van der Waals surface area contributed by atoms with Gasteiger partial charge < -0.3 is 15.0 Å². The predicted octanol–water partition coefficient (Wildman–Crippen LogP) is 3.35. The molecule has 9 heteroatoms. The van der Waals surface area contributed by atoms with E-state index in [4.69, 9.17) is 4.74 Å². The number of carbonyl (C=O) groups is 2. The second kappa shape index (κ2) is 12.6. The maximum Gasteiger partial charge on any atom is 0.244 e. The molecule has 0 aliphatic heterocycles. The average molecular weight is 504 g/mol. The van der Waals surface area contributed by atoms with Crippen molar-refractivity contribution < 1.29 is 22.7 Å². The number of nitrogens with zero attached hydrogens (tertiary/aromatic N) is 2. The fourth-order valence-electron chi connectivity index (χ4n) is 3.63. The normalized spacial score (nSPS) is 12.2. The smallest absolute Gasteiger partial charge is 0.244 e. The Hall–Kier alpha value is -3.07. The number of hydrogen-bond donors (Lipinski definition) is 1. The topological polar surface area (TPSA) is 96.0 Å². The molecule has 35 heavy (non-hydrogen) atoms. The van der Waals surface area contributed by atoms with Gasteiger partial charge >= 0.3 is 0 Å². The molecule has 0 saturated heterocycles. The van der Waals surface area contributed by atoms with Crippen LogP contribution in [0.3, 0.4) is 0 Å². The van der Waals surface area contributed by atoms with E-state index in [1.807, 2.05) is 39.8 Å². The van der Waals surface area contributed by atoms with Crippen LogP contribution in [0, 0.1) is 12.8 Å². The summed E-state index contributed by atoms with van der Waals surface area (Å²) in [5.41, 5.74) is 2.14. The first kappa shape index (κ1) is 28.2. The Kier molecular flexibility index (Phi) is 10.1. The second-order valence-corrected chi connectivity index (χ2v) is 10.9. The van der Waals surface area contributed by atoms with E-state index in [1.54, 1.807) is 43.5 Å². The van der Waals surface area contributed by atoms with Crippen molar-refractivity contribution in [3.05, 3.63) is 59.7 Å². The molecule has 2 amide bonds. The lowest BCUT2D eigenvalue weighted by Gasteiger charge is -2.33. The highest BCUT2D eigenvalue weighted by molar-refractivity contribution is 7.92. The fraction of sp³-hybridized carbons (Fsp3) is 0.462. The summed E-state index contributed by atoms with van der Waals surface area (Å²) in [5, 5.41) is 2.91. The molecule has 0 aliphatic carbocycles. The molecule has 192 valence electrons. The number of methoxy groups -OCH3 is 1. The van der Waals surface area contributed by atoms with Crippen LogP contribution in [0.2, 0.25) is 0 Å². The molecule has 0 fully saturated rings. The highest BCUT2D eigenvalue weighted by Crippen LogP contribution is 2.21. The Morgan fingerprint density at radius 3 is 2.29 bits per heavy atom. The Balaban J connectivity index is 2.42. The van der Waals surface area contributed by atoms with E-state index >= 15 is 0 Å². The van der Waals surface area contributed by atoms with Gasteiger partial charge in [-0.1, -0.05) is 50.6 Å². The summed E-state index contributed by atoms with van der Waals surface area (Å²) in [5.74, 6) is 0.148. The minimum Gasteiger partial charge on any atom is -0.497 e. The van der Waals surface area contributed by atoms with Crippen molar-refractivity contribution in [3.8, 4) is 5.75 Å². The highest BCUT2D eigenvalue weighted by atomic mass is 32.2. The highest BCUT2D eigenvalue weighted by Gasteiger charge is 2.31. The van der Waals surface area contributed by atoms with E-state index in [-0.39, 0.29) is 18.4 Å². The number of rotatable bonds is 12. The summed E-state index contributed by atoms with van der Waals surface area (Å²) in [4.78, 5) is 28.2. The van der Waals surface area contributed by atoms with Crippen LogP contribution in [0.15, 0.2) is 48.5 Å². The third-order valence-corrected chi connectivity index (χ3v) is 6.70. The number of carbonyl (C=O) groups excluding carboxylic acids is 2. The van der Waals surface area contributed by atoms with Crippen LogP contribution in [0.1, 0.15) is 38.3 Å². The molecule has 0 bridgehead atoms. The Bertz CT molecular complexity index is 1100. The Morgan fingerprint density at radius 1 is 1.09 bits per heavy atom. The molecule has 8 nitrogen and oxygen atoms in total. The van der Waals surface area contributed by atoms with Crippen molar-refractivity contribution in [1.82, 2.24) is 10.2 Å². The summed E-state index contributed by atoms with van der Waals surface area (Å²) >= 11 is 0. The van der Waals surface area contributed by atoms with Crippen molar-refractivity contribution in [1.29, 1.82) is 0 Å². The maximum absolute atomic E-state index is 13.7. The van der Waals surface area contributed by atoms with Crippen LogP contribution >= 0.6 is 0 Å². The fourth-order valence-corrected chi connectivity index (χ4v) is 4.48. The first-order valence-electron chi connectivity index (χ1n) is 11.7. The predicted molar refractivity (Wildman–Crippen MR) is 139 cm³/mol. The van der Waals surface area contributed by atoms with Crippen molar-refractivity contribution in [2.24, 2.45) is 5.92 Å².